The average molecular weight is 604 g/mol. The highest BCUT2D eigenvalue weighted by atomic mass is 19.1. The quantitative estimate of drug-likeness (QED) is 0.359. The third-order valence-corrected chi connectivity index (χ3v) is 7.67. The first-order chi connectivity index (χ1) is 21.3. The van der Waals surface area contributed by atoms with E-state index in [1.165, 1.54) is 24.3 Å². The smallest absolute Gasteiger partial charge is 0.320 e. The van der Waals surface area contributed by atoms with Crippen molar-refractivity contribution in [2.24, 2.45) is 0 Å². The molecule has 3 N–H and O–H groups in total. The SMILES string of the molecule is O=C(O)CC(NC(=O)c1ccc(N2CCN(C(=O)N3CCOCC3)CC2)c(NC(=O)c2ccccc2)c1)c1ccc(F)cc1. The van der Waals surface area contributed by atoms with Crippen LogP contribution in [-0.2, 0) is 9.53 Å². The molecule has 4 amide bonds. The number of anilines is 2. The predicted molar refractivity (Wildman–Crippen MR) is 161 cm³/mol. The Labute approximate surface area is 254 Å². The van der Waals surface area contributed by atoms with Crippen LogP contribution in [0.15, 0.2) is 72.8 Å². The molecular weight excluding hydrogens is 569 g/mol. The first-order valence-corrected chi connectivity index (χ1v) is 14.4. The van der Waals surface area contributed by atoms with Crippen molar-refractivity contribution in [1.82, 2.24) is 15.1 Å². The molecule has 5 rings (SSSR count). The van der Waals surface area contributed by atoms with Crippen molar-refractivity contribution in [3.63, 3.8) is 0 Å². The van der Waals surface area contributed by atoms with E-state index in [0.29, 0.717) is 75.0 Å². The van der Waals surface area contributed by atoms with Gasteiger partial charge < -0.3 is 35.2 Å². The van der Waals surface area contributed by atoms with Crippen LogP contribution in [0, 0.1) is 5.82 Å². The topological polar surface area (TPSA) is 132 Å². The number of carbonyl (C=O) groups is 4. The molecule has 0 bridgehead atoms. The molecule has 0 radical (unpaired) electrons. The number of ether oxygens (including phenoxy) is 1. The van der Waals surface area contributed by atoms with E-state index in [9.17, 15) is 28.7 Å². The molecule has 2 aliphatic rings. The summed E-state index contributed by atoms with van der Waals surface area (Å²) >= 11 is 0. The Bertz CT molecular complexity index is 1490. The lowest BCUT2D eigenvalue weighted by Crippen LogP contribution is -2.54. The van der Waals surface area contributed by atoms with Crippen LogP contribution < -0.4 is 15.5 Å². The lowest BCUT2D eigenvalue weighted by Gasteiger charge is -2.39. The minimum absolute atomic E-state index is 0.0188. The summed E-state index contributed by atoms with van der Waals surface area (Å²) < 4.78 is 18.8. The highest BCUT2D eigenvalue weighted by Crippen LogP contribution is 2.30. The Morgan fingerprint density at radius 2 is 1.45 bits per heavy atom. The van der Waals surface area contributed by atoms with Gasteiger partial charge in [-0.1, -0.05) is 30.3 Å². The van der Waals surface area contributed by atoms with Gasteiger partial charge in [-0.3, -0.25) is 14.4 Å². The molecule has 3 aromatic carbocycles. The number of halogens is 1. The number of nitrogens with one attached hydrogen (secondary N) is 2. The standard InChI is InChI=1S/C32H34FN5O6/c33-25-9-6-22(7-10-25)26(21-29(39)40)34-31(42)24-8-11-28(27(20-24)35-30(41)23-4-2-1-3-5-23)36-12-14-37(15-13-36)32(43)38-16-18-44-19-17-38/h1-11,20,26H,12-19,21H2,(H,34,42)(H,35,41)(H,39,40). The third-order valence-electron chi connectivity index (χ3n) is 7.67. The number of urea groups is 1. The number of carboxylic acids is 1. The molecule has 3 aromatic rings. The molecular formula is C32H34FN5O6. The molecule has 2 saturated heterocycles. The van der Waals surface area contributed by atoms with E-state index in [-0.39, 0.29) is 17.5 Å². The van der Waals surface area contributed by atoms with E-state index >= 15 is 0 Å². The highest BCUT2D eigenvalue weighted by molar-refractivity contribution is 6.07. The first-order valence-electron chi connectivity index (χ1n) is 14.4. The van der Waals surface area contributed by atoms with Crippen LogP contribution in [0.1, 0.15) is 38.7 Å². The zero-order valence-corrected chi connectivity index (χ0v) is 24.1. The summed E-state index contributed by atoms with van der Waals surface area (Å²) in [6.45, 7) is 4.17. The number of benzene rings is 3. The number of carbonyl (C=O) groups excluding carboxylic acids is 3. The second kappa shape index (κ2) is 14.0. The summed E-state index contributed by atoms with van der Waals surface area (Å²) in [7, 11) is 0. The first kappa shape index (κ1) is 30.5. The number of piperazine rings is 1. The summed E-state index contributed by atoms with van der Waals surface area (Å²) in [5.41, 5.74) is 2.17. The van der Waals surface area contributed by atoms with Crippen LogP contribution in [-0.4, -0.2) is 91.2 Å². The molecule has 0 spiro atoms. The number of nitrogens with zero attached hydrogens (tertiary/aromatic N) is 3. The largest absolute Gasteiger partial charge is 0.481 e. The van der Waals surface area contributed by atoms with E-state index in [2.05, 4.69) is 15.5 Å². The number of morpholine rings is 1. The predicted octanol–water partition coefficient (Wildman–Crippen LogP) is 3.60. The van der Waals surface area contributed by atoms with E-state index in [4.69, 9.17) is 4.74 Å². The molecule has 1 unspecified atom stereocenters. The van der Waals surface area contributed by atoms with Crippen molar-refractivity contribution in [1.29, 1.82) is 0 Å². The number of carboxylic acid groups (broad SMARTS) is 1. The monoisotopic (exact) mass is 603 g/mol. The summed E-state index contributed by atoms with van der Waals surface area (Å²) in [5, 5.41) is 15.1. The Balaban J connectivity index is 1.36. The number of hydrogen-bond acceptors (Lipinski definition) is 6. The minimum atomic E-state index is -1.13. The van der Waals surface area contributed by atoms with Crippen LogP contribution in [0.2, 0.25) is 0 Å². The second-order valence-corrected chi connectivity index (χ2v) is 10.6. The lowest BCUT2D eigenvalue weighted by atomic mass is 10.0. The summed E-state index contributed by atoms with van der Waals surface area (Å²) in [5.74, 6) is -2.52. The number of amides is 4. The van der Waals surface area contributed by atoms with Crippen LogP contribution in [0.3, 0.4) is 0 Å². The van der Waals surface area contributed by atoms with Crippen molar-refractivity contribution in [2.75, 3.05) is 62.7 Å². The van der Waals surface area contributed by atoms with Gasteiger partial charge in [0.05, 0.1) is 37.1 Å². The summed E-state index contributed by atoms with van der Waals surface area (Å²) in [6, 6.07) is 17.9. The third kappa shape index (κ3) is 7.51. The molecule has 12 heteroatoms. The van der Waals surface area contributed by atoms with Gasteiger partial charge in [-0.2, -0.15) is 0 Å². The molecule has 0 aromatic heterocycles. The Kier molecular flexibility index (Phi) is 9.70. The van der Waals surface area contributed by atoms with Gasteiger partial charge in [0.15, 0.2) is 0 Å². The number of rotatable bonds is 8. The minimum Gasteiger partial charge on any atom is -0.481 e. The van der Waals surface area contributed by atoms with E-state index in [1.54, 1.807) is 53.4 Å². The van der Waals surface area contributed by atoms with Crippen LogP contribution in [0.4, 0.5) is 20.6 Å². The molecule has 0 aliphatic carbocycles. The van der Waals surface area contributed by atoms with Gasteiger partial charge in [-0.05, 0) is 48.0 Å². The van der Waals surface area contributed by atoms with Gasteiger partial charge in [0.2, 0.25) is 0 Å². The highest BCUT2D eigenvalue weighted by Gasteiger charge is 2.28. The summed E-state index contributed by atoms with van der Waals surface area (Å²) in [4.78, 5) is 56.7. The lowest BCUT2D eigenvalue weighted by molar-refractivity contribution is -0.137. The molecule has 0 saturated carbocycles. The van der Waals surface area contributed by atoms with Crippen molar-refractivity contribution >= 4 is 35.2 Å². The fraction of sp³-hybridized carbons (Fsp3) is 0.312. The molecule has 2 fully saturated rings. The molecule has 2 heterocycles. The second-order valence-electron chi connectivity index (χ2n) is 10.6. The Hall–Kier alpha value is -4.97. The van der Waals surface area contributed by atoms with Crippen molar-refractivity contribution in [3.8, 4) is 0 Å². The van der Waals surface area contributed by atoms with E-state index in [1.807, 2.05) is 4.90 Å². The van der Waals surface area contributed by atoms with Crippen molar-refractivity contribution in [2.45, 2.75) is 12.5 Å². The number of aliphatic carboxylic acids is 1. The van der Waals surface area contributed by atoms with Crippen LogP contribution in [0.5, 0.6) is 0 Å². The molecule has 230 valence electrons. The van der Waals surface area contributed by atoms with Gasteiger partial charge in [-0.25, -0.2) is 9.18 Å². The normalized spacial score (nSPS) is 15.8. The maximum Gasteiger partial charge on any atom is 0.320 e. The zero-order valence-electron chi connectivity index (χ0n) is 24.1. The molecule has 44 heavy (non-hydrogen) atoms. The Morgan fingerprint density at radius 3 is 2.11 bits per heavy atom. The van der Waals surface area contributed by atoms with Gasteiger partial charge in [0.1, 0.15) is 5.82 Å². The summed E-state index contributed by atoms with van der Waals surface area (Å²) in [6.07, 6.45) is -0.402. The van der Waals surface area contributed by atoms with Crippen molar-refractivity contribution in [3.05, 3.63) is 95.3 Å². The average Bonchev–Trinajstić information content (AvgIpc) is 3.05. The molecule has 2 aliphatic heterocycles. The van der Waals surface area contributed by atoms with Crippen LogP contribution >= 0.6 is 0 Å². The van der Waals surface area contributed by atoms with Gasteiger partial charge in [0.25, 0.3) is 11.8 Å². The van der Waals surface area contributed by atoms with Crippen LogP contribution in [0.25, 0.3) is 0 Å². The van der Waals surface area contributed by atoms with E-state index < -0.39 is 30.2 Å². The van der Waals surface area contributed by atoms with E-state index in [0.717, 1.165) is 0 Å². The molecule has 1 atom stereocenters. The maximum absolute atomic E-state index is 13.5. The zero-order chi connectivity index (χ0) is 31.1. The van der Waals surface area contributed by atoms with Gasteiger partial charge in [-0.15, -0.1) is 0 Å². The molecule has 11 nitrogen and oxygen atoms in total. The fourth-order valence-corrected chi connectivity index (χ4v) is 5.29. The fourth-order valence-electron chi connectivity index (χ4n) is 5.29. The van der Waals surface area contributed by atoms with Crippen molar-refractivity contribution < 1.29 is 33.4 Å². The Morgan fingerprint density at radius 1 is 0.795 bits per heavy atom. The number of hydrogen-bond donors (Lipinski definition) is 3. The van der Waals surface area contributed by atoms with Gasteiger partial charge >= 0.3 is 12.0 Å². The van der Waals surface area contributed by atoms with Gasteiger partial charge in [0, 0.05) is 50.4 Å². The maximum atomic E-state index is 13.5.